The summed E-state index contributed by atoms with van der Waals surface area (Å²) in [6.07, 6.45) is 3.45. The van der Waals surface area contributed by atoms with Crippen molar-refractivity contribution in [3.05, 3.63) is 48.9 Å². The van der Waals surface area contributed by atoms with Crippen molar-refractivity contribution in [3.63, 3.8) is 0 Å². The van der Waals surface area contributed by atoms with Crippen LogP contribution in [0.3, 0.4) is 0 Å². The predicted octanol–water partition coefficient (Wildman–Crippen LogP) is 4.67. The van der Waals surface area contributed by atoms with E-state index in [1.54, 1.807) is 12.5 Å². The van der Waals surface area contributed by atoms with E-state index >= 15 is 0 Å². The Labute approximate surface area is 118 Å². The van der Waals surface area contributed by atoms with Gasteiger partial charge in [-0.2, -0.15) is 0 Å². The van der Waals surface area contributed by atoms with Crippen molar-refractivity contribution in [3.8, 4) is 17.0 Å². The Morgan fingerprint density at radius 2 is 1.75 bits per heavy atom. The van der Waals surface area contributed by atoms with Crippen molar-refractivity contribution in [1.82, 2.24) is 4.98 Å². The van der Waals surface area contributed by atoms with Crippen molar-refractivity contribution in [2.24, 2.45) is 0 Å². The second-order valence-corrected chi connectivity index (χ2v) is 5.73. The molecule has 0 aliphatic heterocycles. The number of benzene rings is 1. The third-order valence-corrected chi connectivity index (χ3v) is 2.93. The first-order valence-electron chi connectivity index (χ1n) is 6.65. The minimum Gasteiger partial charge on any atom is -0.488 e. The summed E-state index contributed by atoms with van der Waals surface area (Å²) in [6.45, 7) is 6.11. The lowest BCUT2D eigenvalue weighted by Gasteiger charge is -2.21. The minimum atomic E-state index is -0.190. The second kappa shape index (κ2) is 4.67. The average Bonchev–Trinajstić information content (AvgIpc) is 2.86. The number of fused-ring (bicyclic) bond motifs is 1. The van der Waals surface area contributed by atoms with Crippen LogP contribution in [0.5, 0.6) is 5.75 Å². The molecular formula is C17H17NO2. The summed E-state index contributed by atoms with van der Waals surface area (Å²) >= 11 is 0. The molecule has 0 fully saturated rings. The monoisotopic (exact) mass is 267 g/mol. The highest BCUT2D eigenvalue weighted by Crippen LogP contribution is 2.29. The average molecular weight is 267 g/mol. The Kier molecular flexibility index (Phi) is 2.97. The topological polar surface area (TPSA) is 35.3 Å². The molecule has 2 heterocycles. The quantitative estimate of drug-likeness (QED) is 0.676. The molecule has 0 N–H and O–H groups in total. The van der Waals surface area contributed by atoms with E-state index in [1.165, 1.54) is 0 Å². The van der Waals surface area contributed by atoms with E-state index in [9.17, 15) is 0 Å². The van der Waals surface area contributed by atoms with E-state index < -0.39 is 0 Å². The van der Waals surface area contributed by atoms with Crippen LogP contribution in [0.2, 0.25) is 0 Å². The number of hydrogen-bond donors (Lipinski definition) is 0. The molecule has 2 aromatic heterocycles. The Morgan fingerprint density at radius 1 is 1.00 bits per heavy atom. The van der Waals surface area contributed by atoms with Crippen LogP contribution in [0.25, 0.3) is 22.2 Å². The molecule has 0 aliphatic rings. The molecule has 0 atom stereocenters. The van der Waals surface area contributed by atoms with E-state index in [-0.39, 0.29) is 5.60 Å². The number of pyridine rings is 1. The molecule has 3 rings (SSSR count). The lowest BCUT2D eigenvalue weighted by atomic mass is 10.1. The molecule has 3 nitrogen and oxygen atoms in total. The first-order chi connectivity index (χ1) is 9.53. The zero-order chi connectivity index (χ0) is 14.2. The molecule has 0 saturated heterocycles. The summed E-state index contributed by atoms with van der Waals surface area (Å²) in [6, 6.07) is 11.8. The highest BCUT2D eigenvalue weighted by atomic mass is 16.5. The number of aromatic nitrogens is 1. The van der Waals surface area contributed by atoms with E-state index in [0.29, 0.717) is 0 Å². The van der Waals surface area contributed by atoms with Gasteiger partial charge in [0, 0.05) is 17.1 Å². The van der Waals surface area contributed by atoms with Gasteiger partial charge < -0.3 is 9.15 Å². The van der Waals surface area contributed by atoms with Gasteiger partial charge in [-0.25, -0.2) is 0 Å². The van der Waals surface area contributed by atoms with Gasteiger partial charge in [-0.05, 0) is 57.2 Å². The van der Waals surface area contributed by atoms with Gasteiger partial charge in [-0.15, -0.1) is 0 Å². The van der Waals surface area contributed by atoms with Crippen molar-refractivity contribution < 1.29 is 9.15 Å². The van der Waals surface area contributed by atoms with Gasteiger partial charge in [0.2, 0.25) is 0 Å². The normalized spacial score (nSPS) is 11.8. The third-order valence-electron chi connectivity index (χ3n) is 2.93. The van der Waals surface area contributed by atoms with Crippen molar-refractivity contribution in [1.29, 1.82) is 0 Å². The van der Waals surface area contributed by atoms with Crippen molar-refractivity contribution in [2.45, 2.75) is 26.4 Å². The first kappa shape index (κ1) is 12.7. The number of hydrogen-bond acceptors (Lipinski definition) is 3. The summed E-state index contributed by atoms with van der Waals surface area (Å²) in [5.74, 6) is 0.862. The van der Waals surface area contributed by atoms with Crippen LogP contribution in [0, 0.1) is 0 Å². The van der Waals surface area contributed by atoms with Crippen LogP contribution < -0.4 is 4.74 Å². The SMILES string of the molecule is CC(C)(C)Oc1ccc(-c2nccc3occc23)cc1. The van der Waals surface area contributed by atoms with Crippen LogP contribution in [0.4, 0.5) is 0 Å². The molecule has 0 spiro atoms. The highest BCUT2D eigenvalue weighted by molar-refractivity contribution is 5.91. The summed E-state index contributed by atoms with van der Waals surface area (Å²) < 4.78 is 11.2. The molecule has 3 heteroatoms. The number of rotatable bonds is 2. The molecule has 0 unspecified atom stereocenters. The molecule has 102 valence electrons. The lowest BCUT2D eigenvalue weighted by Crippen LogP contribution is -2.22. The maximum Gasteiger partial charge on any atom is 0.137 e. The van der Waals surface area contributed by atoms with Crippen LogP contribution >= 0.6 is 0 Å². The van der Waals surface area contributed by atoms with Crippen LogP contribution in [-0.4, -0.2) is 10.6 Å². The fourth-order valence-electron chi connectivity index (χ4n) is 2.16. The molecule has 1 aromatic carbocycles. The third kappa shape index (κ3) is 2.52. The fourth-order valence-corrected chi connectivity index (χ4v) is 2.16. The lowest BCUT2D eigenvalue weighted by molar-refractivity contribution is 0.131. The van der Waals surface area contributed by atoms with E-state index in [2.05, 4.69) is 4.98 Å². The molecule has 20 heavy (non-hydrogen) atoms. The molecular weight excluding hydrogens is 250 g/mol. The fraction of sp³-hybridized carbons (Fsp3) is 0.235. The molecule has 0 radical (unpaired) electrons. The molecule has 3 aromatic rings. The van der Waals surface area contributed by atoms with Gasteiger partial charge in [-0.1, -0.05) is 0 Å². The van der Waals surface area contributed by atoms with Gasteiger partial charge in [0.25, 0.3) is 0 Å². The number of nitrogens with zero attached hydrogens (tertiary/aromatic N) is 1. The maximum atomic E-state index is 5.83. The summed E-state index contributed by atoms with van der Waals surface area (Å²) in [5.41, 5.74) is 2.64. The Morgan fingerprint density at radius 3 is 2.45 bits per heavy atom. The van der Waals surface area contributed by atoms with E-state index in [1.807, 2.05) is 57.2 Å². The highest BCUT2D eigenvalue weighted by Gasteiger charge is 2.12. The Hall–Kier alpha value is -2.29. The van der Waals surface area contributed by atoms with Gasteiger partial charge in [0.1, 0.15) is 16.9 Å². The zero-order valence-corrected chi connectivity index (χ0v) is 11.9. The van der Waals surface area contributed by atoms with E-state index in [0.717, 1.165) is 28.0 Å². The smallest absolute Gasteiger partial charge is 0.137 e. The van der Waals surface area contributed by atoms with Gasteiger partial charge in [0.05, 0.1) is 12.0 Å². The summed E-state index contributed by atoms with van der Waals surface area (Å²) in [4.78, 5) is 4.45. The summed E-state index contributed by atoms with van der Waals surface area (Å²) in [5, 5.41) is 1.02. The Bertz CT molecular complexity index is 721. The van der Waals surface area contributed by atoms with Crippen LogP contribution in [0.1, 0.15) is 20.8 Å². The first-order valence-corrected chi connectivity index (χ1v) is 6.65. The van der Waals surface area contributed by atoms with Crippen LogP contribution in [-0.2, 0) is 0 Å². The predicted molar refractivity (Wildman–Crippen MR) is 79.8 cm³/mol. The largest absolute Gasteiger partial charge is 0.488 e. The van der Waals surface area contributed by atoms with Crippen LogP contribution in [0.15, 0.2) is 53.3 Å². The molecule has 0 amide bonds. The minimum absolute atomic E-state index is 0.190. The zero-order valence-electron chi connectivity index (χ0n) is 11.9. The van der Waals surface area contributed by atoms with E-state index in [4.69, 9.17) is 9.15 Å². The second-order valence-electron chi connectivity index (χ2n) is 5.73. The molecule has 0 aliphatic carbocycles. The summed E-state index contributed by atoms with van der Waals surface area (Å²) in [7, 11) is 0. The Balaban J connectivity index is 1.97. The van der Waals surface area contributed by atoms with Crippen molar-refractivity contribution >= 4 is 11.0 Å². The number of furan rings is 1. The number of ether oxygens (including phenoxy) is 1. The standard InChI is InChI=1S/C17H17NO2/c1-17(2,3)20-13-6-4-12(5-7-13)16-14-9-11-19-15(14)8-10-18-16/h4-11H,1-3H3. The van der Waals surface area contributed by atoms with Gasteiger partial charge in [0.15, 0.2) is 0 Å². The van der Waals surface area contributed by atoms with Crippen molar-refractivity contribution in [2.75, 3.05) is 0 Å². The maximum absolute atomic E-state index is 5.83. The van der Waals surface area contributed by atoms with Gasteiger partial charge >= 0.3 is 0 Å². The molecule has 0 bridgehead atoms. The van der Waals surface area contributed by atoms with Gasteiger partial charge in [-0.3, -0.25) is 4.98 Å². The molecule has 0 saturated carbocycles.